The van der Waals surface area contributed by atoms with E-state index in [0.717, 1.165) is 42.8 Å². The zero-order valence-electron chi connectivity index (χ0n) is 16.3. The SMILES string of the molecule is COc1ccccc1CCNC(=O)NCC(c1ccc(F)cc1)N1CCCC1. The summed E-state index contributed by atoms with van der Waals surface area (Å²) in [5.74, 6) is 0.584. The average molecular weight is 385 g/mol. The Hall–Kier alpha value is -2.60. The molecule has 2 aromatic rings. The Kier molecular flexibility index (Phi) is 7.25. The first kappa shape index (κ1) is 20.1. The van der Waals surface area contributed by atoms with E-state index in [1.165, 1.54) is 12.1 Å². The van der Waals surface area contributed by atoms with Crippen LogP contribution in [0.4, 0.5) is 9.18 Å². The minimum Gasteiger partial charge on any atom is -0.496 e. The molecule has 2 aromatic carbocycles. The molecule has 0 spiro atoms. The summed E-state index contributed by atoms with van der Waals surface area (Å²) >= 11 is 0. The van der Waals surface area contributed by atoms with Crippen molar-refractivity contribution in [3.8, 4) is 5.75 Å². The number of hydrogen-bond acceptors (Lipinski definition) is 3. The fourth-order valence-corrected chi connectivity index (χ4v) is 3.67. The van der Waals surface area contributed by atoms with Crippen LogP contribution in [-0.2, 0) is 6.42 Å². The fourth-order valence-electron chi connectivity index (χ4n) is 3.67. The maximum absolute atomic E-state index is 13.3. The molecule has 2 amide bonds. The van der Waals surface area contributed by atoms with Gasteiger partial charge in [-0.05, 0) is 61.7 Å². The number of benzene rings is 2. The van der Waals surface area contributed by atoms with Crippen LogP contribution in [0.25, 0.3) is 0 Å². The van der Waals surface area contributed by atoms with Crippen LogP contribution >= 0.6 is 0 Å². The number of likely N-dealkylation sites (tertiary alicyclic amines) is 1. The number of para-hydroxylation sites is 1. The third-order valence-electron chi connectivity index (χ3n) is 5.16. The van der Waals surface area contributed by atoms with Crippen LogP contribution in [0.3, 0.4) is 0 Å². The second kappa shape index (κ2) is 10.1. The van der Waals surface area contributed by atoms with Crippen molar-refractivity contribution in [2.75, 3.05) is 33.3 Å². The van der Waals surface area contributed by atoms with Crippen LogP contribution in [0, 0.1) is 5.82 Å². The number of nitrogens with zero attached hydrogens (tertiary/aromatic N) is 1. The lowest BCUT2D eigenvalue weighted by Gasteiger charge is -2.28. The molecule has 1 unspecified atom stereocenters. The fraction of sp³-hybridized carbons (Fsp3) is 0.409. The Labute approximate surface area is 165 Å². The van der Waals surface area contributed by atoms with Crippen molar-refractivity contribution < 1.29 is 13.9 Å². The van der Waals surface area contributed by atoms with Gasteiger partial charge in [0.05, 0.1) is 13.2 Å². The normalized spacial score (nSPS) is 15.2. The molecule has 0 saturated carbocycles. The molecule has 1 atom stereocenters. The Morgan fingerprint density at radius 1 is 1.11 bits per heavy atom. The number of rotatable bonds is 8. The molecule has 1 saturated heterocycles. The molecule has 1 aliphatic rings. The maximum atomic E-state index is 13.3. The molecule has 3 rings (SSSR count). The molecule has 1 aliphatic heterocycles. The van der Waals surface area contributed by atoms with E-state index in [-0.39, 0.29) is 17.9 Å². The van der Waals surface area contributed by atoms with Crippen LogP contribution < -0.4 is 15.4 Å². The van der Waals surface area contributed by atoms with Crippen LogP contribution in [0.1, 0.15) is 30.0 Å². The number of hydrogen-bond donors (Lipinski definition) is 2. The number of halogens is 1. The maximum Gasteiger partial charge on any atom is 0.314 e. The summed E-state index contributed by atoms with van der Waals surface area (Å²) < 4.78 is 18.6. The van der Waals surface area contributed by atoms with Crippen LogP contribution in [0.15, 0.2) is 48.5 Å². The molecule has 0 radical (unpaired) electrons. The summed E-state index contributed by atoms with van der Waals surface area (Å²) in [7, 11) is 1.65. The summed E-state index contributed by atoms with van der Waals surface area (Å²) in [5, 5.41) is 5.88. The van der Waals surface area contributed by atoms with E-state index in [2.05, 4.69) is 15.5 Å². The van der Waals surface area contributed by atoms with Gasteiger partial charge in [-0.3, -0.25) is 4.90 Å². The van der Waals surface area contributed by atoms with Crippen molar-refractivity contribution in [2.45, 2.75) is 25.3 Å². The van der Waals surface area contributed by atoms with Crippen molar-refractivity contribution in [1.29, 1.82) is 0 Å². The molecule has 2 N–H and O–H groups in total. The van der Waals surface area contributed by atoms with E-state index >= 15 is 0 Å². The summed E-state index contributed by atoms with van der Waals surface area (Å²) in [6, 6.07) is 14.2. The molecule has 1 heterocycles. The zero-order chi connectivity index (χ0) is 19.8. The van der Waals surface area contributed by atoms with Gasteiger partial charge in [-0.15, -0.1) is 0 Å². The van der Waals surface area contributed by atoms with Gasteiger partial charge in [-0.1, -0.05) is 30.3 Å². The highest BCUT2D eigenvalue weighted by atomic mass is 19.1. The van der Waals surface area contributed by atoms with Gasteiger partial charge in [-0.2, -0.15) is 0 Å². The van der Waals surface area contributed by atoms with Crippen molar-refractivity contribution in [3.05, 3.63) is 65.5 Å². The standard InChI is InChI=1S/C22H28FN3O2/c1-28-21-7-3-2-6-18(21)12-13-24-22(27)25-16-20(26-14-4-5-15-26)17-8-10-19(23)11-9-17/h2-3,6-11,20H,4-5,12-16H2,1H3,(H2,24,25,27). The van der Waals surface area contributed by atoms with Gasteiger partial charge in [0.25, 0.3) is 0 Å². The molecular formula is C22H28FN3O2. The lowest BCUT2D eigenvalue weighted by Crippen LogP contribution is -2.42. The number of carbonyl (C=O) groups excluding carboxylic acids is 1. The third-order valence-corrected chi connectivity index (χ3v) is 5.16. The molecule has 6 heteroatoms. The number of ether oxygens (including phenoxy) is 1. The number of carbonyl (C=O) groups is 1. The molecule has 5 nitrogen and oxygen atoms in total. The minimum absolute atomic E-state index is 0.0584. The molecule has 0 aliphatic carbocycles. The highest BCUT2D eigenvalue weighted by Crippen LogP contribution is 2.24. The number of methoxy groups -OCH3 is 1. The van der Waals surface area contributed by atoms with Gasteiger partial charge in [0.2, 0.25) is 0 Å². The molecule has 0 aromatic heterocycles. The van der Waals surface area contributed by atoms with Gasteiger partial charge >= 0.3 is 6.03 Å². The number of amides is 2. The lowest BCUT2D eigenvalue weighted by molar-refractivity contribution is 0.221. The summed E-state index contributed by atoms with van der Waals surface area (Å²) in [6.45, 7) is 3.02. The van der Waals surface area contributed by atoms with Gasteiger partial charge in [-0.25, -0.2) is 9.18 Å². The van der Waals surface area contributed by atoms with E-state index in [9.17, 15) is 9.18 Å². The molecule has 0 bridgehead atoms. The Morgan fingerprint density at radius 3 is 2.54 bits per heavy atom. The first-order chi connectivity index (χ1) is 13.7. The number of nitrogens with one attached hydrogen (secondary N) is 2. The zero-order valence-corrected chi connectivity index (χ0v) is 16.3. The van der Waals surface area contributed by atoms with Crippen LogP contribution in [0.2, 0.25) is 0 Å². The van der Waals surface area contributed by atoms with E-state index in [1.807, 2.05) is 24.3 Å². The van der Waals surface area contributed by atoms with Crippen LogP contribution in [-0.4, -0.2) is 44.2 Å². The molecular weight excluding hydrogens is 357 g/mol. The Morgan fingerprint density at radius 2 is 1.82 bits per heavy atom. The summed E-state index contributed by atoms with van der Waals surface area (Å²) in [4.78, 5) is 14.6. The van der Waals surface area contributed by atoms with Crippen molar-refractivity contribution in [1.82, 2.24) is 15.5 Å². The predicted octanol–water partition coefficient (Wildman–Crippen LogP) is 3.51. The van der Waals surface area contributed by atoms with Gasteiger partial charge in [0.1, 0.15) is 11.6 Å². The van der Waals surface area contributed by atoms with E-state index < -0.39 is 0 Å². The summed E-state index contributed by atoms with van der Waals surface area (Å²) in [6.07, 6.45) is 3.01. The third kappa shape index (κ3) is 5.45. The first-order valence-electron chi connectivity index (χ1n) is 9.80. The van der Waals surface area contributed by atoms with Crippen molar-refractivity contribution in [3.63, 3.8) is 0 Å². The Bertz CT molecular complexity index is 761. The van der Waals surface area contributed by atoms with Gasteiger partial charge < -0.3 is 15.4 Å². The topological polar surface area (TPSA) is 53.6 Å². The van der Waals surface area contributed by atoms with Crippen molar-refractivity contribution in [2.24, 2.45) is 0 Å². The lowest BCUT2D eigenvalue weighted by atomic mass is 10.1. The second-order valence-electron chi connectivity index (χ2n) is 7.01. The first-order valence-corrected chi connectivity index (χ1v) is 9.80. The van der Waals surface area contributed by atoms with E-state index in [1.54, 1.807) is 19.2 Å². The molecule has 28 heavy (non-hydrogen) atoms. The van der Waals surface area contributed by atoms with Gasteiger partial charge in [0.15, 0.2) is 0 Å². The highest BCUT2D eigenvalue weighted by Gasteiger charge is 2.24. The predicted molar refractivity (Wildman–Crippen MR) is 108 cm³/mol. The second-order valence-corrected chi connectivity index (χ2v) is 7.01. The highest BCUT2D eigenvalue weighted by molar-refractivity contribution is 5.73. The quantitative estimate of drug-likeness (QED) is 0.731. The largest absolute Gasteiger partial charge is 0.496 e. The number of urea groups is 1. The summed E-state index contributed by atoms with van der Waals surface area (Å²) in [5.41, 5.74) is 2.09. The minimum atomic E-state index is -0.244. The molecule has 1 fully saturated rings. The van der Waals surface area contributed by atoms with Gasteiger partial charge in [0, 0.05) is 13.1 Å². The van der Waals surface area contributed by atoms with Crippen molar-refractivity contribution >= 4 is 6.03 Å². The van der Waals surface area contributed by atoms with Crippen LogP contribution in [0.5, 0.6) is 5.75 Å². The Balaban J connectivity index is 1.51. The monoisotopic (exact) mass is 385 g/mol. The van der Waals surface area contributed by atoms with E-state index in [4.69, 9.17) is 4.74 Å². The van der Waals surface area contributed by atoms with E-state index in [0.29, 0.717) is 19.5 Å². The molecule has 150 valence electrons. The smallest absolute Gasteiger partial charge is 0.314 e. The average Bonchev–Trinajstić information content (AvgIpc) is 3.24.